The minimum Gasteiger partial charge on any atom is -0.371 e. The Bertz CT molecular complexity index is 1190. The molecule has 1 aromatic heterocycles. The number of carbonyl (C=O) groups excluding carboxylic acids is 1. The molecule has 2 aromatic carbocycles. The van der Waals surface area contributed by atoms with Gasteiger partial charge in [0.1, 0.15) is 5.82 Å². The van der Waals surface area contributed by atoms with E-state index in [9.17, 15) is 9.18 Å². The summed E-state index contributed by atoms with van der Waals surface area (Å²) in [5.41, 5.74) is 11.0. The fourth-order valence-electron chi connectivity index (χ4n) is 5.36. The molecule has 3 N–H and O–H groups in total. The summed E-state index contributed by atoms with van der Waals surface area (Å²) in [5.74, 6) is -0.362. The Balaban J connectivity index is 1.33. The lowest BCUT2D eigenvalue weighted by atomic mass is 9.96. The van der Waals surface area contributed by atoms with Gasteiger partial charge in [-0.05, 0) is 87.2 Å². The van der Waals surface area contributed by atoms with E-state index in [0.29, 0.717) is 6.54 Å². The van der Waals surface area contributed by atoms with Crippen molar-refractivity contribution in [2.24, 2.45) is 11.7 Å². The molecule has 2 aliphatic rings. The predicted octanol–water partition coefficient (Wildman–Crippen LogP) is 4.10. The quantitative estimate of drug-likeness (QED) is 0.544. The number of imidazole rings is 1. The Morgan fingerprint density at radius 2 is 1.89 bits per heavy atom. The maximum atomic E-state index is 13.4. The van der Waals surface area contributed by atoms with Gasteiger partial charge in [-0.3, -0.25) is 9.69 Å². The van der Waals surface area contributed by atoms with Crippen LogP contribution in [0.25, 0.3) is 5.69 Å². The predicted molar refractivity (Wildman–Crippen MR) is 141 cm³/mol. The highest BCUT2D eigenvalue weighted by molar-refractivity contribution is 5.93. The molecule has 2 saturated heterocycles. The molecule has 0 spiro atoms. The molecule has 1 amide bonds. The Morgan fingerprint density at radius 3 is 2.64 bits per heavy atom. The first-order valence-corrected chi connectivity index (χ1v) is 12.9. The van der Waals surface area contributed by atoms with Gasteiger partial charge in [0, 0.05) is 55.5 Å². The van der Waals surface area contributed by atoms with E-state index < -0.39 is 0 Å². The molecule has 190 valence electrons. The fraction of sp³-hybridized carbons (Fsp3) is 0.429. The molecule has 2 atom stereocenters. The highest BCUT2D eigenvalue weighted by Crippen LogP contribution is 2.26. The molecule has 0 aliphatic carbocycles. The van der Waals surface area contributed by atoms with Crippen molar-refractivity contribution in [1.82, 2.24) is 14.5 Å². The third-order valence-corrected chi connectivity index (χ3v) is 7.19. The number of nitrogens with two attached hydrogens (primary N) is 1. The van der Waals surface area contributed by atoms with Gasteiger partial charge in [0.2, 0.25) is 5.91 Å². The molecule has 2 aliphatic heterocycles. The van der Waals surface area contributed by atoms with Crippen LogP contribution >= 0.6 is 0 Å². The summed E-state index contributed by atoms with van der Waals surface area (Å²) >= 11 is 0. The van der Waals surface area contributed by atoms with Crippen LogP contribution in [0.15, 0.2) is 55.0 Å². The highest BCUT2D eigenvalue weighted by atomic mass is 19.1. The first-order valence-electron chi connectivity index (χ1n) is 12.9. The second-order valence-corrected chi connectivity index (χ2v) is 10.2. The van der Waals surface area contributed by atoms with Crippen molar-refractivity contribution in [2.75, 3.05) is 36.4 Å². The number of benzene rings is 2. The molecule has 3 heterocycles. The largest absolute Gasteiger partial charge is 0.371 e. The number of halogens is 1. The normalized spacial score (nSPS) is 20.9. The number of aryl methyl sites for hydroxylation is 1. The lowest BCUT2D eigenvalue weighted by Crippen LogP contribution is -2.42. The van der Waals surface area contributed by atoms with E-state index in [4.69, 9.17) is 5.73 Å². The summed E-state index contributed by atoms with van der Waals surface area (Å²) in [5, 5.41) is 3.19. The maximum absolute atomic E-state index is 13.4. The summed E-state index contributed by atoms with van der Waals surface area (Å²) in [6.07, 6.45) is 7.73. The minimum atomic E-state index is -0.250. The van der Waals surface area contributed by atoms with E-state index in [1.54, 1.807) is 18.5 Å². The van der Waals surface area contributed by atoms with Gasteiger partial charge >= 0.3 is 0 Å². The number of likely N-dealkylation sites (tertiary alicyclic amines) is 1. The van der Waals surface area contributed by atoms with Crippen LogP contribution < -0.4 is 16.0 Å². The van der Waals surface area contributed by atoms with Crippen LogP contribution in [0.4, 0.5) is 15.8 Å². The second kappa shape index (κ2) is 10.8. The summed E-state index contributed by atoms with van der Waals surface area (Å²) in [6, 6.07) is 13.0. The molecule has 5 rings (SSSR count). The van der Waals surface area contributed by atoms with Crippen molar-refractivity contribution < 1.29 is 9.18 Å². The van der Waals surface area contributed by atoms with E-state index in [-0.39, 0.29) is 23.7 Å². The number of nitrogens with zero attached hydrogens (tertiary/aromatic N) is 4. The molecule has 8 heteroatoms. The Kier molecular flexibility index (Phi) is 7.34. The summed E-state index contributed by atoms with van der Waals surface area (Å²) in [7, 11) is 0. The molecular formula is C28H35FN6O. The fourth-order valence-corrected chi connectivity index (χ4v) is 5.36. The minimum absolute atomic E-state index is 0.0201. The molecule has 0 radical (unpaired) electrons. The van der Waals surface area contributed by atoms with E-state index in [0.717, 1.165) is 80.2 Å². The average molecular weight is 491 g/mol. The van der Waals surface area contributed by atoms with Crippen molar-refractivity contribution in [1.29, 1.82) is 0 Å². The van der Waals surface area contributed by atoms with Crippen molar-refractivity contribution >= 4 is 17.3 Å². The van der Waals surface area contributed by atoms with Gasteiger partial charge in [-0.25, -0.2) is 9.37 Å². The number of hydrogen-bond acceptors (Lipinski definition) is 5. The maximum Gasteiger partial charge on any atom is 0.229 e. The Morgan fingerprint density at radius 1 is 1.08 bits per heavy atom. The second-order valence-electron chi connectivity index (χ2n) is 10.2. The van der Waals surface area contributed by atoms with Crippen molar-refractivity contribution in [3.05, 3.63) is 72.1 Å². The van der Waals surface area contributed by atoms with Crippen LogP contribution in [0.5, 0.6) is 0 Å². The topological polar surface area (TPSA) is 79.4 Å². The third-order valence-electron chi connectivity index (χ3n) is 7.19. The highest BCUT2D eigenvalue weighted by Gasteiger charge is 2.26. The number of hydrogen-bond donors (Lipinski definition) is 2. The number of carbonyl (C=O) groups is 1. The standard InChI is InChI=1S/C28H35FN6O/c1-20-15-35(19-31-20)27-13-21(16-33-10-3-5-24(30)18-33)12-25(14-27)32-28(36)22-4-2-11-34(17-22)26-8-6-23(29)7-9-26/h6-9,12-15,19,22,24H,2-5,10-11,16-18,30H2,1H3,(H,32,36)/t22?,24-/m0/s1. The van der Waals surface area contributed by atoms with Crippen LogP contribution in [0.1, 0.15) is 36.9 Å². The number of anilines is 2. The third kappa shape index (κ3) is 5.94. The van der Waals surface area contributed by atoms with Crippen molar-refractivity contribution in [3.8, 4) is 5.69 Å². The van der Waals surface area contributed by atoms with Gasteiger partial charge in [0.25, 0.3) is 0 Å². The lowest BCUT2D eigenvalue weighted by Gasteiger charge is -2.34. The van der Waals surface area contributed by atoms with Crippen LogP contribution in [0.3, 0.4) is 0 Å². The van der Waals surface area contributed by atoms with Gasteiger partial charge < -0.3 is 20.5 Å². The summed E-state index contributed by atoms with van der Waals surface area (Å²) < 4.78 is 15.4. The first kappa shape index (κ1) is 24.5. The average Bonchev–Trinajstić information content (AvgIpc) is 3.31. The van der Waals surface area contributed by atoms with Crippen LogP contribution in [0.2, 0.25) is 0 Å². The Hall–Kier alpha value is -3.23. The van der Waals surface area contributed by atoms with Crippen molar-refractivity contribution in [3.63, 3.8) is 0 Å². The van der Waals surface area contributed by atoms with Crippen molar-refractivity contribution in [2.45, 2.75) is 45.2 Å². The van der Waals surface area contributed by atoms with Gasteiger partial charge in [-0.15, -0.1) is 0 Å². The molecule has 7 nitrogen and oxygen atoms in total. The number of aromatic nitrogens is 2. The molecule has 1 unspecified atom stereocenters. The van der Waals surface area contributed by atoms with E-state index in [1.165, 1.54) is 12.1 Å². The molecule has 0 saturated carbocycles. The van der Waals surface area contributed by atoms with Crippen LogP contribution in [-0.2, 0) is 11.3 Å². The van der Waals surface area contributed by atoms with Gasteiger partial charge in [-0.2, -0.15) is 0 Å². The van der Waals surface area contributed by atoms with Gasteiger partial charge in [0.15, 0.2) is 0 Å². The lowest BCUT2D eigenvalue weighted by molar-refractivity contribution is -0.120. The molecule has 3 aromatic rings. The first-order chi connectivity index (χ1) is 17.4. The van der Waals surface area contributed by atoms with Gasteiger partial charge in [0.05, 0.1) is 17.9 Å². The number of piperidine rings is 2. The number of nitrogens with one attached hydrogen (secondary N) is 1. The Labute approximate surface area is 212 Å². The molecule has 36 heavy (non-hydrogen) atoms. The van der Waals surface area contributed by atoms with E-state index in [1.807, 2.05) is 23.8 Å². The van der Waals surface area contributed by atoms with Gasteiger partial charge in [-0.1, -0.05) is 0 Å². The zero-order valence-electron chi connectivity index (χ0n) is 20.9. The number of rotatable bonds is 6. The van der Waals surface area contributed by atoms with Crippen LogP contribution in [0, 0.1) is 18.7 Å². The zero-order valence-corrected chi connectivity index (χ0v) is 20.9. The number of amides is 1. The molecule has 0 bridgehead atoms. The van der Waals surface area contributed by atoms with E-state index in [2.05, 4.69) is 32.2 Å². The summed E-state index contributed by atoms with van der Waals surface area (Å²) in [6.45, 7) is 6.17. The molecule has 2 fully saturated rings. The zero-order chi connectivity index (χ0) is 25.1. The SMILES string of the molecule is Cc1cn(-c2cc(CN3CCC[C@H](N)C3)cc(NC(=O)C3CCCN(c4ccc(F)cc4)C3)c2)cn1. The smallest absolute Gasteiger partial charge is 0.229 e. The van der Waals surface area contributed by atoms with Crippen LogP contribution in [-0.4, -0.2) is 52.6 Å². The van der Waals surface area contributed by atoms with E-state index >= 15 is 0 Å². The molecular weight excluding hydrogens is 455 g/mol. The summed E-state index contributed by atoms with van der Waals surface area (Å²) in [4.78, 5) is 22.3. The monoisotopic (exact) mass is 490 g/mol.